The third kappa shape index (κ3) is 4.60. The Hall–Kier alpha value is -1.39. The summed E-state index contributed by atoms with van der Waals surface area (Å²) in [5, 5.41) is 26.4. The van der Waals surface area contributed by atoms with Gasteiger partial charge in [0, 0.05) is 16.6 Å². The number of aliphatic hydroxyl groups is 2. The lowest BCUT2D eigenvalue weighted by Crippen LogP contribution is -2.47. The molecule has 0 amide bonds. The number of hydrogen-bond acceptors (Lipinski definition) is 3. The lowest BCUT2D eigenvalue weighted by molar-refractivity contribution is -0.0301. The molecule has 28 heavy (non-hydrogen) atoms. The van der Waals surface area contributed by atoms with Crippen LogP contribution in [0.2, 0.25) is 5.02 Å². The third-order valence-corrected chi connectivity index (χ3v) is 6.18. The SMILES string of the molecule is CC[C@](O)(c1ccc(-c2ccc(Cl)cc2)cc1)C1C[C@@H](O)[C@@H](NC(C)(C)C)C1. The van der Waals surface area contributed by atoms with Gasteiger partial charge in [-0.1, -0.05) is 54.9 Å². The molecular formula is C24H32ClNO2. The van der Waals surface area contributed by atoms with Crippen molar-refractivity contribution in [3.63, 3.8) is 0 Å². The molecule has 0 heterocycles. The molecule has 2 aromatic rings. The van der Waals surface area contributed by atoms with Crippen molar-refractivity contribution >= 4 is 11.6 Å². The first kappa shape index (κ1) is 21.3. The minimum absolute atomic E-state index is 0.0106. The van der Waals surface area contributed by atoms with E-state index in [0.29, 0.717) is 12.8 Å². The van der Waals surface area contributed by atoms with Crippen molar-refractivity contribution < 1.29 is 10.2 Å². The van der Waals surface area contributed by atoms with E-state index in [1.54, 1.807) is 0 Å². The second kappa shape index (κ2) is 8.16. The largest absolute Gasteiger partial charge is 0.391 e. The van der Waals surface area contributed by atoms with Gasteiger partial charge in [-0.25, -0.2) is 0 Å². The Balaban J connectivity index is 1.81. The smallest absolute Gasteiger partial charge is 0.0923 e. The number of benzene rings is 2. The zero-order valence-corrected chi connectivity index (χ0v) is 18.0. The van der Waals surface area contributed by atoms with Gasteiger partial charge in [0.1, 0.15) is 0 Å². The third-order valence-electron chi connectivity index (χ3n) is 5.92. The molecule has 2 aromatic carbocycles. The highest BCUT2D eigenvalue weighted by molar-refractivity contribution is 6.30. The molecule has 4 atom stereocenters. The summed E-state index contributed by atoms with van der Waals surface area (Å²) < 4.78 is 0. The molecule has 0 aliphatic heterocycles. The highest BCUT2D eigenvalue weighted by Crippen LogP contribution is 2.43. The predicted octanol–water partition coefficient (Wildman–Crippen LogP) is 5.13. The van der Waals surface area contributed by atoms with Gasteiger partial charge in [-0.05, 0) is 74.8 Å². The second-order valence-electron chi connectivity index (χ2n) is 9.10. The number of aliphatic hydroxyl groups excluding tert-OH is 1. The molecule has 0 aromatic heterocycles. The summed E-state index contributed by atoms with van der Waals surface area (Å²) in [4.78, 5) is 0. The van der Waals surface area contributed by atoms with E-state index in [2.05, 4.69) is 38.2 Å². The fraction of sp³-hybridized carbons (Fsp3) is 0.500. The van der Waals surface area contributed by atoms with Crippen LogP contribution >= 0.6 is 11.6 Å². The summed E-state index contributed by atoms with van der Waals surface area (Å²) in [5.41, 5.74) is 2.11. The van der Waals surface area contributed by atoms with Gasteiger partial charge in [-0.3, -0.25) is 0 Å². The summed E-state index contributed by atoms with van der Waals surface area (Å²) in [7, 11) is 0. The van der Waals surface area contributed by atoms with Crippen LogP contribution in [0.15, 0.2) is 48.5 Å². The first-order valence-corrected chi connectivity index (χ1v) is 10.5. The lowest BCUT2D eigenvalue weighted by Gasteiger charge is -2.34. The fourth-order valence-electron chi connectivity index (χ4n) is 4.44. The molecule has 0 spiro atoms. The highest BCUT2D eigenvalue weighted by Gasteiger charge is 2.45. The molecule has 0 radical (unpaired) electrons. The van der Waals surface area contributed by atoms with Crippen LogP contribution in [0.1, 0.15) is 52.5 Å². The van der Waals surface area contributed by atoms with Gasteiger partial charge < -0.3 is 15.5 Å². The van der Waals surface area contributed by atoms with Crippen LogP contribution in [0.4, 0.5) is 0 Å². The van der Waals surface area contributed by atoms with E-state index in [1.807, 2.05) is 43.3 Å². The van der Waals surface area contributed by atoms with Crippen molar-refractivity contribution in [1.29, 1.82) is 0 Å². The molecule has 1 fully saturated rings. The molecule has 152 valence electrons. The number of nitrogens with one attached hydrogen (secondary N) is 1. The molecular weight excluding hydrogens is 370 g/mol. The monoisotopic (exact) mass is 401 g/mol. The zero-order chi connectivity index (χ0) is 20.5. The summed E-state index contributed by atoms with van der Waals surface area (Å²) in [6.45, 7) is 8.33. The van der Waals surface area contributed by atoms with E-state index >= 15 is 0 Å². The summed E-state index contributed by atoms with van der Waals surface area (Å²) in [6, 6.07) is 15.9. The molecule has 0 bridgehead atoms. The van der Waals surface area contributed by atoms with Gasteiger partial charge in [0.05, 0.1) is 11.7 Å². The van der Waals surface area contributed by atoms with Crippen molar-refractivity contribution in [3.05, 3.63) is 59.1 Å². The van der Waals surface area contributed by atoms with Crippen molar-refractivity contribution in [3.8, 4) is 11.1 Å². The Morgan fingerprint density at radius 3 is 2.00 bits per heavy atom. The number of rotatable bonds is 5. The van der Waals surface area contributed by atoms with Gasteiger partial charge >= 0.3 is 0 Å². The minimum Gasteiger partial charge on any atom is -0.391 e. The van der Waals surface area contributed by atoms with Gasteiger partial charge in [0.25, 0.3) is 0 Å². The van der Waals surface area contributed by atoms with Crippen LogP contribution in [0.3, 0.4) is 0 Å². The van der Waals surface area contributed by atoms with E-state index in [-0.39, 0.29) is 17.5 Å². The highest BCUT2D eigenvalue weighted by atomic mass is 35.5. The van der Waals surface area contributed by atoms with Crippen molar-refractivity contribution in [2.24, 2.45) is 5.92 Å². The molecule has 3 nitrogen and oxygen atoms in total. The van der Waals surface area contributed by atoms with E-state index in [4.69, 9.17) is 11.6 Å². The maximum Gasteiger partial charge on any atom is 0.0923 e. The molecule has 1 aliphatic rings. The van der Waals surface area contributed by atoms with Gasteiger partial charge in [0.15, 0.2) is 0 Å². The molecule has 1 aliphatic carbocycles. The maximum absolute atomic E-state index is 11.6. The number of hydrogen-bond donors (Lipinski definition) is 3. The van der Waals surface area contributed by atoms with Crippen molar-refractivity contribution in [2.45, 2.75) is 70.2 Å². The summed E-state index contributed by atoms with van der Waals surface area (Å²) >= 11 is 5.98. The average molecular weight is 402 g/mol. The summed E-state index contributed by atoms with van der Waals surface area (Å²) in [5.74, 6) is 0.0220. The minimum atomic E-state index is -0.937. The number of halogens is 1. The Morgan fingerprint density at radius 1 is 0.964 bits per heavy atom. The van der Waals surface area contributed by atoms with E-state index in [9.17, 15) is 10.2 Å². The average Bonchev–Trinajstić information content (AvgIpc) is 3.01. The molecule has 3 N–H and O–H groups in total. The molecule has 1 saturated carbocycles. The van der Waals surface area contributed by atoms with Crippen LogP contribution in [0, 0.1) is 5.92 Å². The van der Waals surface area contributed by atoms with Crippen LogP contribution in [0.5, 0.6) is 0 Å². The van der Waals surface area contributed by atoms with Gasteiger partial charge in [-0.15, -0.1) is 0 Å². The van der Waals surface area contributed by atoms with Crippen molar-refractivity contribution in [2.75, 3.05) is 0 Å². The molecule has 4 heteroatoms. The van der Waals surface area contributed by atoms with Gasteiger partial charge in [0.2, 0.25) is 0 Å². The molecule has 0 saturated heterocycles. The fourth-order valence-corrected chi connectivity index (χ4v) is 4.56. The quantitative estimate of drug-likeness (QED) is 0.650. The van der Waals surface area contributed by atoms with E-state index in [0.717, 1.165) is 28.1 Å². The lowest BCUT2D eigenvalue weighted by atomic mass is 9.77. The Labute approximate surface area is 173 Å². The van der Waals surface area contributed by atoms with Crippen LogP contribution in [0.25, 0.3) is 11.1 Å². The maximum atomic E-state index is 11.6. The van der Waals surface area contributed by atoms with Gasteiger partial charge in [-0.2, -0.15) is 0 Å². The normalized spacial score (nSPS) is 24.9. The van der Waals surface area contributed by atoms with Crippen molar-refractivity contribution in [1.82, 2.24) is 5.32 Å². The predicted molar refractivity (Wildman–Crippen MR) is 116 cm³/mol. The first-order chi connectivity index (χ1) is 13.1. The summed E-state index contributed by atoms with van der Waals surface area (Å²) in [6.07, 6.45) is 1.56. The first-order valence-electron chi connectivity index (χ1n) is 10.2. The van der Waals surface area contributed by atoms with E-state index in [1.165, 1.54) is 0 Å². The Kier molecular flexibility index (Phi) is 6.21. The Bertz CT molecular complexity index is 782. The molecule has 1 unspecified atom stereocenters. The van der Waals surface area contributed by atoms with Crippen LogP contribution in [-0.4, -0.2) is 27.9 Å². The van der Waals surface area contributed by atoms with E-state index < -0.39 is 11.7 Å². The second-order valence-corrected chi connectivity index (χ2v) is 9.53. The van der Waals surface area contributed by atoms with Crippen LogP contribution in [-0.2, 0) is 5.60 Å². The standard InChI is InChI=1S/C24H32ClNO2/c1-5-24(28,19-14-21(22(27)15-19)26-23(2,3)4)18-10-6-16(7-11-18)17-8-12-20(25)13-9-17/h6-13,19,21-22,26-28H,5,14-15H2,1-4H3/t19?,21-,22+,24-/m0/s1. The van der Waals surface area contributed by atoms with Crippen LogP contribution < -0.4 is 5.32 Å². The Morgan fingerprint density at radius 2 is 1.50 bits per heavy atom. The topological polar surface area (TPSA) is 52.5 Å². The molecule has 3 rings (SSSR count). The zero-order valence-electron chi connectivity index (χ0n) is 17.2.